The van der Waals surface area contributed by atoms with Crippen molar-refractivity contribution in [3.05, 3.63) is 47.2 Å². The molecule has 5 nitrogen and oxygen atoms in total. The van der Waals surface area contributed by atoms with E-state index < -0.39 is 0 Å². The Morgan fingerprint density at radius 2 is 1.90 bits per heavy atom. The minimum absolute atomic E-state index is 0.0981. The predicted molar refractivity (Wildman–Crippen MR) is 77.7 cm³/mol. The first-order chi connectivity index (χ1) is 10.2. The summed E-state index contributed by atoms with van der Waals surface area (Å²) in [5.74, 6) is 1.60. The first kappa shape index (κ1) is 15.1. The monoisotopic (exact) mass is 304 g/mol. The van der Waals surface area contributed by atoms with Gasteiger partial charge in [-0.2, -0.15) is 5.26 Å². The molecule has 2 aromatic rings. The molecule has 2 rings (SSSR count). The van der Waals surface area contributed by atoms with Crippen LogP contribution in [-0.2, 0) is 0 Å². The molecule has 108 valence electrons. The van der Waals surface area contributed by atoms with Crippen molar-refractivity contribution in [2.24, 2.45) is 0 Å². The minimum Gasteiger partial charge on any atom is -0.494 e. The van der Waals surface area contributed by atoms with E-state index in [2.05, 4.69) is 4.98 Å². The van der Waals surface area contributed by atoms with Crippen molar-refractivity contribution in [1.82, 2.24) is 4.98 Å². The van der Waals surface area contributed by atoms with E-state index in [1.165, 1.54) is 6.20 Å². The second-order valence-electron chi connectivity index (χ2n) is 4.09. The van der Waals surface area contributed by atoms with Crippen LogP contribution in [0, 0.1) is 11.3 Å². The standard InChI is InChI=1S/C15H13ClN2O3/c16-15-13(10-17)14(6-7-18-15)21-12-4-2-11(3-5-12)20-9-1-8-19/h2-7,19H,1,8-9H2. The van der Waals surface area contributed by atoms with Crippen LogP contribution in [0.3, 0.4) is 0 Å². The molecule has 0 aliphatic heterocycles. The first-order valence-corrected chi connectivity index (χ1v) is 6.68. The molecule has 0 aliphatic rings. The van der Waals surface area contributed by atoms with Gasteiger partial charge in [0, 0.05) is 25.3 Å². The van der Waals surface area contributed by atoms with E-state index in [1.54, 1.807) is 30.3 Å². The van der Waals surface area contributed by atoms with E-state index in [0.29, 0.717) is 30.3 Å². The molecule has 0 aliphatic carbocycles. The van der Waals surface area contributed by atoms with Crippen molar-refractivity contribution < 1.29 is 14.6 Å². The Labute approximate surface area is 127 Å². The highest BCUT2D eigenvalue weighted by Gasteiger charge is 2.09. The molecule has 0 bridgehead atoms. The maximum Gasteiger partial charge on any atom is 0.150 e. The summed E-state index contributed by atoms with van der Waals surface area (Å²) in [7, 11) is 0. The lowest BCUT2D eigenvalue weighted by molar-refractivity contribution is 0.233. The average molecular weight is 305 g/mol. The van der Waals surface area contributed by atoms with Gasteiger partial charge < -0.3 is 14.6 Å². The molecule has 0 fully saturated rings. The molecule has 1 heterocycles. The summed E-state index contributed by atoms with van der Waals surface area (Å²) < 4.78 is 11.0. The lowest BCUT2D eigenvalue weighted by Gasteiger charge is -2.09. The van der Waals surface area contributed by atoms with E-state index in [-0.39, 0.29) is 17.3 Å². The molecule has 0 saturated carbocycles. The Balaban J connectivity index is 2.07. The number of hydrogen-bond acceptors (Lipinski definition) is 5. The summed E-state index contributed by atoms with van der Waals surface area (Å²) in [6, 6.07) is 10.5. The van der Waals surface area contributed by atoms with Crippen LogP contribution >= 0.6 is 11.6 Å². The van der Waals surface area contributed by atoms with Crippen LogP contribution in [0.4, 0.5) is 0 Å². The van der Waals surface area contributed by atoms with Gasteiger partial charge in [-0.15, -0.1) is 0 Å². The third-order valence-electron chi connectivity index (χ3n) is 2.60. The van der Waals surface area contributed by atoms with Crippen molar-refractivity contribution in [1.29, 1.82) is 5.26 Å². The van der Waals surface area contributed by atoms with Crippen LogP contribution in [-0.4, -0.2) is 23.3 Å². The molecule has 1 aromatic carbocycles. The van der Waals surface area contributed by atoms with Gasteiger partial charge in [0.15, 0.2) is 5.15 Å². The number of pyridine rings is 1. The van der Waals surface area contributed by atoms with Crippen molar-refractivity contribution in [3.63, 3.8) is 0 Å². The second kappa shape index (κ2) is 7.48. The molecule has 0 saturated heterocycles. The Bertz CT molecular complexity index is 638. The fourth-order valence-corrected chi connectivity index (χ4v) is 1.78. The highest BCUT2D eigenvalue weighted by molar-refractivity contribution is 6.30. The molecular weight excluding hydrogens is 292 g/mol. The molecule has 1 N–H and O–H groups in total. The normalized spacial score (nSPS) is 9.95. The Morgan fingerprint density at radius 1 is 1.19 bits per heavy atom. The zero-order valence-electron chi connectivity index (χ0n) is 11.1. The molecule has 0 unspecified atom stereocenters. The number of halogens is 1. The maximum absolute atomic E-state index is 9.05. The van der Waals surface area contributed by atoms with Gasteiger partial charge in [0.1, 0.15) is 28.9 Å². The topological polar surface area (TPSA) is 75.4 Å². The number of ether oxygens (including phenoxy) is 2. The number of aromatic nitrogens is 1. The molecular formula is C15H13ClN2O3. The Kier molecular flexibility index (Phi) is 5.38. The minimum atomic E-state index is 0.0981. The summed E-state index contributed by atoms with van der Waals surface area (Å²) in [6.45, 7) is 0.552. The van der Waals surface area contributed by atoms with Crippen LogP contribution in [0.1, 0.15) is 12.0 Å². The van der Waals surface area contributed by atoms with Gasteiger partial charge in [-0.05, 0) is 24.3 Å². The molecule has 0 radical (unpaired) electrons. The molecule has 0 spiro atoms. The molecule has 1 aromatic heterocycles. The van der Waals surface area contributed by atoms with E-state index in [1.807, 2.05) is 6.07 Å². The molecule has 21 heavy (non-hydrogen) atoms. The third-order valence-corrected chi connectivity index (χ3v) is 2.89. The fraction of sp³-hybridized carbons (Fsp3) is 0.200. The number of benzene rings is 1. The summed E-state index contributed by atoms with van der Waals surface area (Å²) >= 11 is 5.84. The average Bonchev–Trinajstić information content (AvgIpc) is 2.50. The molecule has 0 amide bonds. The molecule has 0 atom stereocenters. The van der Waals surface area contributed by atoms with E-state index in [4.69, 9.17) is 31.4 Å². The first-order valence-electron chi connectivity index (χ1n) is 6.31. The summed E-state index contributed by atoms with van der Waals surface area (Å²) in [4.78, 5) is 3.83. The fourth-order valence-electron chi connectivity index (χ4n) is 1.59. The second-order valence-corrected chi connectivity index (χ2v) is 4.44. The largest absolute Gasteiger partial charge is 0.494 e. The van der Waals surface area contributed by atoms with Gasteiger partial charge in [0.05, 0.1) is 6.61 Å². The van der Waals surface area contributed by atoms with Gasteiger partial charge in [0.2, 0.25) is 0 Å². The SMILES string of the molecule is N#Cc1c(Oc2ccc(OCCCO)cc2)ccnc1Cl. The quantitative estimate of drug-likeness (QED) is 0.655. The van der Waals surface area contributed by atoms with Crippen LogP contribution in [0.25, 0.3) is 0 Å². The van der Waals surface area contributed by atoms with Crippen LogP contribution in [0.2, 0.25) is 5.15 Å². The van der Waals surface area contributed by atoms with Gasteiger partial charge in [-0.1, -0.05) is 11.6 Å². The van der Waals surface area contributed by atoms with Crippen LogP contribution in [0.15, 0.2) is 36.5 Å². The van der Waals surface area contributed by atoms with Crippen molar-refractivity contribution in [3.8, 4) is 23.3 Å². The lowest BCUT2D eigenvalue weighted by Crippen LogP contribution is -1.99. The third kappa shape index (κ3) is 4.09. The summed E-state index contributed by atoms with van der Waals surface area (Å²) in [5, 5.41) is 17.8. The Hall–Kier alpha value is -2.29. The summed E-state index contributed by atoms with van der Waals surface area (Å²) in [5.41, 5.74) is 0.197. The number of nitrogens with zero attached hydrogens (tertiary/aromatic N) is 2. The van der Waals surface area contributed by atoms with Crippen molar-refractivity contribution in [2.45, 2.75) is 6.42 Å². The number of rotatable bonds is 6. The Morgan fingerprint density at radius 3 is 2.57 bits per heavy atom. The van der Waals surface area contributed by atoms with E-state index >= 15 is 0 Å². The number of hydrogen-bond donors (Lipinski definition) is 1. The van der Waals surface area contributed by atoms with Gasteiger partial charge in [-0.25, -0.2) is 4.98 Å². The number of nitriles is 1. The zero-order chi connectivity index (χ0) is 15.1. The van der Waals surface area contributed by atoms with Crippen molar-refractivity contribution in [2.75, 3.05) is 13.2 Å². The molecule has 6 heteroatoms. The van der Waals surface area contributed by atoms with E-state index in [9.17, 15) is 0 Å². The van der Waals surface area contributed by atoms with E-state index in [0.717, 1.165) is 0 Å². The highest BCUT2D eigenvalue weighted by Crippen LogP contribution is 2.29. The number of aliphatic hydroxyl groups is 1. The van der Waals surface area contributed by atoms with Gasteiger partial charge in [0.25, 0.3) is 0 Å². The van der Waals surface area contributed by atoms with Gasteiger partial charge in [-0.3, -0.25) is 0 Å². The number of aliphatic hydroxyl groups excluding tert-OH is 1. The van der Waals surface area contributed by atoms with Gasteiger partial charge >= 0.3 is 0 Å². The van der Waals surface area contributed by atoms with Crippen LogP contribution < -0.4 is 9.47 Å². The predicted octanol–water partition coefficient (Wildman–Crippen LogP) is 3.16. The lowest BCUT2D eigenvalue weighted by atomic mass is 10.2. The van der Waals surface area contributed by atoms with Crippen LogP contribution in [0.5, 0.6) is 17.2 Å². The zero-order valence-corrected chi connectivity index (χ0v) is 11.9. The smallest absolute Gasteiger partial charge is 0.150 e. The maximum atomic E-state index is 9.05. The highest BCUT2D eigenvalue weighted by atomic mass is 35.5. The summed E-state index contributed by atoms with van der Waals surface area (Å²) in [6.07, 6.45) is 2.06. The van der Waals surface area contributed by atoms with Crippen molar-refractivity contribution >= 4 is 11.6 Å².